The molecule has 6 heteroatoms. The minimum Gasteiger partial charge on any atom is -0.467 e. The molecule has 19 heavy (non-hydrogen) atoms. The average molecular weight is 266 g/mol. The second-order valence-electron chi connectivity index (χ2n) is 4.32. The molecule has 0 saturated carbocycles. The van der Waals surface area contributed by atoms with Crippen LogP contribution < -0.4 is 5.32 Å². The maximum absolute atomic E-state index is 11.6. The van der Waals surface area contributed by atoms with Gasteiger partial charge in [0.05, 0.1) is 7.11 Å². The summed E-state index contributed by atoms with van der Waals surface area (Å²) in [4.78, 5) is 26.9. The van der Waals surface area contributed by atoms with Crippen molar-refractivity contribution in [2.45, 2.75) is 26.5 Å². The van der Waals surface area contributed by atoms with Crippen LogP contribution in [0, 0.1) is 5.92 Å². The topological polar surface area (TPSA) is 77.5 Å². The van der Waals surface area contributed by atoms with Gasteiger partial charge in [-0.15, -0.1) is 0 Å². The molecule has 0 radical (unpaired) electrons. The van der Waals surface area contributed by atoms with Gasteiger partial charge in [0.1, 0.15) is 12.6 Å². The van der Waals surface area contributed by atoms with Gasteiger partial charge in [-0.25, -0.2) is 9.59 Å². The van der Waals surface area contributed by atoms with Gasteiger partial charge in [-0.05, 0) is 23.6 Å². The van der Waals surface area contributed by atoms with E-state index in [0.717, 1.165) is 5.56 Å². The van der Waals surface area contributed by atoms with Crippen LogP contribution in [-0.4, -0.2) is 30.2 Å². The van der Waals surface area contributed by atoms with E-state index in [0.29, 0.717) is 0 Å². The number of alkyl carbamates (subject to hydrolysis) is 1. The molecule has 1 rings (SSSR count). The summed E-state index contributed by atoms with van der Waals surface area (Å²) in [5.41, 5.74) is 0.823. The number of carbonyl (C=O) groups is 2. The first-order chi connectivity index (χ1) is 9.04. The van der Waals surface area contributed by atoms with E-state index in [9.17, 15) is 9.59 Å². The van der Waals surface area contributed by atoms with Crippen molar-refractivity contribution in [1.29, 1.82) is 0 Å². The zero-order valence-electron chi connectivity index (χ0n) is 11.3. The Balaban J connectivity index is 2.47. The lowest BCUT2D eigenvalue weighted by Crippen LogP contribution is -2.45. The highest BCUT2D eigenvalue weighted by atomic mass is 16.6. The Morgan fingerprint density at radius 2 is 1.95 bits per heavy atom. The molecule has 1 N–H and O–H groups in total. The predicted molar refractivity (Wildman–Crippen MR) is 68.2 cm³/mol. The maximum Gasteiger partial charge on any atom is 0.408 e. The highest BCUT2D eigenvalue weighted by Crippen LogP contribution is 2.05. The maximum atomic E-state index is 11.6. The van der Waals surface area contributed by atoms with Crippen molar-refractivity contribution >= 4 is 12.1 Å². The summed E-state index contributed by atoms with van der Waals surface area (Å²) in [6, 6.07) is 2.77. The zero-order valence-corrected chi connectivity index (χ0v) is 11.3. The summed E-state index contributed by atoms with van der Waals surface area (Å²) in [5.74, 6) is -0.572. The number of hydrogen-bond donors (Lipinski definition) is 1. The Hall–Kier alpha value is -2.11. The van der Waals surface area contributed by atoms with Crippen molar-refractivity contribution in [3.8, 4) is 0 Å². The van der Waals surface area contributed by atoms with E-state index in [1.165, 1.54) is 7.11 Å². The molecule has 0 aromatic carbocycles. The van der Waals surface area contributed by atoms with Crippen LogP contribution in [0.3, 0.4) is 0 Å². The molecule has 0 aliphatic heterocycles. The largest absolute Gasteiger partial charge is 0.467 e. The lowest BCUT2D eigenvalue weighted by atomic mass is 10.1. The number of aromatic nitrogens is 1. The monoisotopic (exact) mass is 266 g/mol. The van der Waals surface area contributed by atoms with Crippen LogP contribution in [0.25, 0.3) is 0 Å². The van der Waals surface area contributed by atoms with Gasteiger partial charge in [-0.2, -0.15) is 0 Å². The van der Waals surface area contributed by atoms with Crippen LogP contribution in [-0.2, 0) is 20.9 Å². The molecule has 1 aromatic rings. The molecule has 0 aliphatic carbocycles. The first-order valence-electron chi connectivity index (χ1n) is 5.94. The first kappa shape index (κ1) is 14.9. The fourth-order valence-electron chi connectivity index (χ4n) is 1.42. The molecule has 0 fully saturated rings. The van der Waals surface area contributed by atoms with Crippen LogP contribution in [0.2, 0.25) is 0 Å². The van der Waals surface area contributed by atoms with Crippen molar-refractivity contribution in [3.63, 3.8) is 0 Å². The average Bonchev–Trinajstić information content (AvgIpc) is 2.42. The Morgan fingerprint density at radius 3 is 2.47 bits per heavy atom. The fraction of sp³-hybridized carbons (Fsp3) is 0.462. The summed E-state index contributed by atoms with van der Waals surface area (Å²) in [5, 5.41) is 2.49. The van der Waals surface area contributed by atoms with Gasteiger partial charge in [0, 0.05) is 12.4 Å². The Morgan fingerprint density at radius 1 is 1.32 bits per heavy atom. The van der Waals surface area contributed by atoms with Crippen molar-refractivity contribution in [1.82, 2.24) is 10.3 Å². The number of esters is 1. The number of nitrogens with zero attached hydrogens (tertiary/aromatic N) is 1. The molecule has 1 heterocycles. The summed E-state index contributed by atoms with van der Waals surface area (Å²) < 4.78 is 9.64. The van der Waals surface area contributed by atoms with Crippen molar-refractivity contribution in [2.75, 3.05) is 7.11 Å². The number of pyridine rings is 1. The van der Waals surface area contributed by atoms with Crippen molar-refractivity contribution in [3.05, 3.63) is 30.1 Å². The molecule has 1 amide bonds. The number of amides is 1. The molecule has 104 valence electrons. The minimum absolute atomic E-state index is 0.0825. The van der Waals surface area contributed by atoms with E-state index >= 15 is 0 Å². The van der Waals surface area contributed by atoms with Crippen LogP contribution >= 0.6 is 0 Å². The highest BCUT2D eigenvalue weighted by molar-refractivity contribution is 5.81. The number of ether oxygens (including phenoxy) is 2. The Kier molecular flexibility index (Phi) is 5.78. The summed E-state index contributed by atoms with van der Waals surface area (Å²) >= 11 is 0. The standard InChI is InChI=1S/C13H18N2O4/c1-9(2)11(12(16)18-3)15-13(17)19-8-10-4-6-14-7-5-10/h4-7,9,11H,8H2,1-3H3,(H,15,17). The smallest absolute Gasteiger partial charge is 0.408 e. The van der Waals surface area contributed by atoms with E-state index in [-0.39, 0.29) is 12.5 Å². The highest BCUT2D eigenvalue weighted by Gasteiger charge is 2.25. The minimum atomic E-state index is -0.713. The lowest BCUT2D eigenvalue weighted by molar-refractivity contribution is -0.144. The van der Waals surface area contributed by atoms with Gasteiger partial charge >= 0.3 is 12.1 Å². The van der Waals surface area contributed by atoms with E-state index in [4.69, 9.17) is 4.74 Å². The van der Waals surface area contributed by atoms with Gasteiger partial charge in [0.2, 0.25) is 0 Å². The van der Waals surface area contributed by atoms with E-state index < -0.39 is 18.1 Å². The summed E-state index contributed by atoms with van der Waals surface area (Å²) in [6.45, 7) is 3.75. The van der Waals surface area contributed by atoms with Crippen molar-refractivity contribution < 1.29 is 19.1 Å². The van der Waals surface area contributed by atoms with Crippen LogP contribution in [0.1, 0.15) is 19.4 Å². The molecule has 0 bridgehead atoms. The second-order valence-corrected chi connectivity index (χ2v) is 4.32. The zero-order chi connectivity index (χ0) is 14.3. The first-order valence-corrected chi connectivity index (χ1v) is 5.94. The molecular weight excluding hydrogens is 248 g/mol. The van der Waals surface area contributed by atoms with Crippen LogP contribution in [0.15, 0.2) is 24.5 Å². The number of carbonyl (C=O) groups excluding carboxylic acids is 2. The third-order valence-corrected chi connectivity index (χ3v) is 2.51. The molecule has 0 saturated heterocycles. The number of methoxy groups -OCH3 is 1. The molecule has 1 unspecified atom stereocenters. The molecular formula is C13H18N2O4. The Labute approximate surface area is 112 Å². The van der Waals surface area contributed by atoms with E-state index in [1.807, 2.05) is 13.8 Å². The van der Waals surface area contributed by atoms with Gasteiger partial charge < -0.3 is 14.8 Å². The van der Waals surface area contributed by atoms with Gasteiger partial charge in [0.15, 0.2) is 0 Å². The molecule has 1 atom stereocenters. The quantitative estimate of drug-likeness (QED) is 0.817. The van der Waals surface area contributed by atoms with Crippen molar-refractivity contribution in [2.24, 2.45) is 5.92 Å². The molecule has 0 spiro atoms. The molecule has 6 nitrogen and oxygen atoms in total. The SMILES string of the molecule is COC(=O)C(NC(=O)OCc1ccncc1)C(C)C. The fourth-order valence-corrected chi connectivity index (χ4v) is 1.42. The van der Waals surface area contributed by atoms with E-state index in [2.05, 4.69) is 15.0 Å². The molecule has 1 aromatic heterocycles. The third-order valence-electron chi connectivity index (χ3n) is 2.51. The van der Waals surface area contributed by atoms with Crippen LogP contribution in [0.5, 0.6) is 0 Å². The normalized spacial score (nSPS) is 11.8. The number of rotatable bonds is 5. The van der Waals surface area contributed by atoms with Crippen LogP contribution in [0.4, 0.5) is 4.79 Å². The van der Waals surface area contributed by atoms with Gasteiger partial charge in [-0.1, -0.05) is 13.8 Å². The molecule has 0 aliphatic rings. The van der Waals surface area contributed by atoms with Gasteiger partial charge in [0.25, 0.3) is 0 Å². The lowest BCUT2D eigenvalue weighted by Gasteiger charge is -2.19. The number of hydrogen-bond acceptors (Lipinski definition) is 5. The second kappa shape index (κ2) is 7.35. The van der Waals surface area contributed by atoms with E-state index in [1.54, 1.807) is 24.5 Å². The Bertz CT molecular complexity index is 420. The predicted octanol–water partition coefficient (Wildman–Crippen LogP) is 1.51. The third kappa shape index (κ3) is 4.95. The summed E-state index contributed by atoms with van der Waals surface area (Å²) in [6.07, 6.45) is 2.57. The summed E-state index contributed by atoms with van der Waals surface area (Å²) in [7, 11) is 1.28. The number of nitrogens with one attached hydrogen (secondary N) is 1. The van der Waals surface area contributed by atoms with Gasteiger partial charge in [-0.3, -0.25) is 4.98 Å².